The third-order valence-electron chi connectivity index (χ3n) is 2.25. The van der Waals surface area contributed by atoms with E-state index in [4.69, 9.17) is 4.74 Å². The Balaban J connectivity index is 0.000000770. The van der Waals surface area contributed by atoms with Gasteiger partial charge in [0.05, 0.1) is 6.61 Å². The standard InChI is InChI=1S/C12H18O2.C2H7N/c1-5-14-12-6-9(4)11(13)7-10(12)8(2)3;1-3-2/h6-8,13H,5H2,1-4H3;3H,1-2H3. The highest BCUT2D eigenvalue weighted by Crippen LogP contribution is 2.32. The van der Waals surface area contributed by atoms with E-state index in [0.29, 0.717) is 18.3 Å². The van der Waals surface area contributed by atoms with Crippen molar-refractivity contribution >= 4 is 0 Å². The molecule has 1 rings (SSSR count). The van der Waals surface area contributed by atoms with Crippen molar-refractivity contribution in [2.75, 3.05) is 20.7 Å². The molecule has 0 unspecified atom stereocenters. The van der Waals surface area contributed by atoms with E-state index in [0.717, 1.165) is 16.9 Å². The summed E-state index contributed by atoms with van der Waals surface area (Å²) in [5.74, 6) is 1.60. The molecule has 0 saturated heterocycles. The highest BCUT2D eigenvalue weighted by molar-refractivity contribution is 5.46. The fourth-order valence-corrected chi connectivity index (χ4v) is 1.42. The number of ether oxygens (including phenoxy) is 1. The molecule has 3 nitrogen and oxygen atoms in total. The van der Waals surface area contributed by atoms with E-state index >= 15 is 0 Å². The zero-order valence-corrected chi connectivity index (χ0v) is 11.8. The largest absolute Gasteiger partial charge is 0.508 e. The third-order valence-corrected chi connectivity index (χ3v) is 2.25. The molecule has 0 atom stereocenters. The van der Waals surface area contributed by atoms with E-state index < -0.39 is 0 Å². The Morgan fingerprint density at radius 1 is 1.29 bits per heavy atom. The molecule has 0 saturated carbocycles. The SMILES string of the molecule is CCOc1cc(C)c(O)cc1C(C)C.CNC. The normalized spacial score (nSPS) is 9.82. The quantitative estimate of drug-likeness (QED) is 0.851. The minimum Gasteiger partial charge on any atom is -0.508 e. The molecule has 2 N–H and O–H groups in total. The summed E-state index contributed by atoms with van der Waals surface area (Å²) < 4.78 is 5.52. The van der Waals surface area contributed by atoms with Crippen molar-refractivity contribution in [3.05, 3.63) is 23.3 Å². The zero-order chi connectivity index (χ0) is 13.4. The van der Waals surface area contributed by atoms with Gasteiger partial charge in [0, 0.05) is 5.56 Å². The molecule has 1 aromatic rings. The number of hydrogen-bond donors (Lipinski definition) is 2. The fraction of sp³-hybridized carbons (Fsp3) is 0.571. The molecule has 0 radical (unpaired) electrons. The summed E-state index contributed by atoms with van der Waals surface area (Å²) in [5, 5.41) is 12.3. The lowest BCUT2D eigenvalue weighted by Crippen LogP contribution is -1.98. The zero-order valence-electron chi connectivity index (χ0n) is 11.8. The summed E-state index contributed by atoms with van der Waals surface area (Å²) in [5.41, 5.74) is 1.92. The van der Waals surface area contributed by atoms with Crippen molar-refractivity contribution in [3.63, 3.8) is 0 Å². The Morgan fingerprint density at radius 2 is 1.82 bits per heavy atom. The van der Waals surface area contributed by atoms with Gasteiger partial charge in [-0.2, -0.15) is 0 Å². The van der Waals surface area contributed by atoms with E-state index in [-0.39, 0.29) is 0 Å². The molecule has 0 aliphatic carbocycles. The summed E-state index contributed by atoms with van der Waals surface area (Å²) in [6, 6.07) is 3.69. The van der Waals surface area contributed by atoms with Gasteiger partial charge in [0.1, 0.15) is 11.5 Å². The minimum absolute atomic E-state index is 0.345. The van der Waals surface area contributed by atoms with Crippen molar-refractivity contribution in [1.82, 2.24) is 5.32 Å². The number of rotatable bonds is 3. The smallest absolute Gasteiger partial charge is 0.123 e. The van der Waals surface area contributed by atoms with Gasteiger partial charge in [0.25, 0.3) is 0 Å². The van der Waals surface area contributed by atoms with Gasteiger partial charge in [0.2, 0.25) is 0 Å². The molecule has 0 spiro atoms. The van der Waals surface area contributed by atoms with Crippen molar-refractivity contribution < 1.29 is 9.84 Å². The van der Waals surface area contributed by atoms with Crippen molar-refractivity contribution in [3.8, 4) is 11.5 Å². The average Bonchev–Trinajstić information content (AvgIpc) is 2.24. The van der Waals surface area contributed by atoms with Crippen LogP contribution >= 0.6 is 0 Å². The van der Waals surface area contributed by atoms with Crippen LogP contribution in [0.3, 0.4) is 0 Å². The monoisotopic (exact) mass is 239 g/mol. The first-order chi connectivity index (χ1) is 7.97. The van der Waals surface area contributed by atoms with Crippen LogP contribution in [0, 0.1) is 6.92 Å². The van der Waals surface area contributed by atoms with Gasteiger partial charge in [-0.25, -0.2) is 0 Å². The molecule has 0 bridgehead atoms. The minimum atomic E-state index is 0.345. The summed E-state index contributed by atoms with van der Waals surface area (Å²) >= 11 is 0. The summed E-state index contributed by atoms with van der Waals surface area (Å²) in [4.78, 5) is 0. The third kappa shape index (κ3) is 5.09. The second-order valence-electron chi connectivity index (χ2n) is 4.26. The Hall–Kier alpha value is -1.22. The molecule has 0 fully saturated rings. The van der Waals surface area contributed by atoms with Gasteiger partial charge in [-0.05, 0) is 51.6 Å². The van der Waals surface area contributed by atoms with E-state index in [1.54, 1.807) is 6.07 Å². The fourth-order valence-electron chi connectivity index (χ4n) is 1.42. The topological polar surface area (TPSA) is 41.5 Å². The van der Waals surface area contributed by atoms with Gasteiger partial charge in [-0.15, -0.1) is 0 Å². The molecule has 1 aromatic carbocycles. The van der Waals surface area contributed by atoms with Crippen LogP contribution in [0.1, 0.15) is 37.8 Å². The summed E-state index contributed by atoms with van der Waals surface area (Å²) in [6.45, 7) is 8.68. The molecule has 0 amide bonds. The van der Waals surface area contributed by atoms with Crippen molar-refractivity contribution in [2.45, 2.75) is 33.6 Å². The first-order valence-corrected chi connectivity index (χ1v) is 6.02. The molecule has 0 aromatic heterocycles. The van der Waals surface area contributed by atoms with Gasteiger partial charge < -0.3 is 15.2 Å². The van der Waals surface area contributed by atoms with Crippen molar-refractivity contribution in [2.24, 2.45) is 0 Å². The lowest BCUT2D eigenvalue weighted by molar-refractivity contribution is 0.334. The Bertz CT molecular complexity index is 335. The molecule has 0 heterocycles. The van der Waals surface area contributed by atoms with E-state index in [2.05, 4.69) is 19.2 Å². The number of phenols is 1. The lowest BCUT2D eigenvalue weighted by Gasteiger charge is -2.14. The van der Waals surface area contributed by atoms with Gasteiger partial charge in [-0.1, -0.05) is 13.8 Å². The highest BCUT2D eigenvalue weighted by atomic mass is 16.5. The predicted octanol–water partition coefficient (Wildman–Crippen LogP) is 3.06. The first-order valence-electron chi connectivity index (χ1n) is 6.02. The van der Waals surface area contributed by atoms with Crippen LogP contribution in [-0.2, 0) is 0 Å². The van der Waals surface area contributed by atoms with Crippen LogP contribution in [0.25, 0.3) is 0 Å². The van der Waals surface area contributed by atoms with Crippen LogP contribution in [0.15, 0.2) is 12.1 Å². The molecule has 3 heteroatoms. The molecule has 17 heavy (non-hydrogen) atoms. The van der Waals surface area contributed by atoms with Crippen LogP contribution in [0.2, 0.25) is 0 Å². The Kier molecular flexibility index (Phi) is 7.39. The molecule has 98 valence electrons. The van der Waals surface area contributed by atoms with Gasteiger partial charge in [0.15, 0.2) is 0 Å². The second kappa shape index (κ2) is 7.96. The number of aromatic hydroxyl groups is 1. The van der Waals surface area contributed by atoms with E-state index in [1.165, 1.54) is 0 Å². The van der Waals surface area contributed by atoms with Gasteiger partial charge >= 0.3 is 0 Å². The summed E-state index contributed by atoms with van der Waals surface area (Å²) in [6.07, 6.45) is 0. The number of phenolic OH excluding ortho intramolecular Hbond substituents is 1. The van der Waals surface area contributed by atoms with Crippen molar-refractivity contribution in [1.29, 1.82) is 0 Å². The second-order valence-corrected chi connectivity index (χ2v) is 4.26. The van der Waals surface area contributed by atoms with Crippen LogP contribution in [-0.4, -0.2) is 25.8 Å². The molecule has 0 aliphatic rings. The lowest BCUT2D eigenvalue weighted by atomic mass is 10.00. The first kappa shape index (κ1) is 15.8. The maximum atomic E-state index is 9.59. The van der Waals surface area contributed by atoms with E-state index in [9.17, 15) is 5.11 Å². The molecule has 0 aliphatic heterocycles. The number of nitrogens with one attached hydrogen (secondary N) is 1. The van der Waals surface area contributed by atoms with E-state index in [1.807, 2.05) is 34.0 Å². The number of aryl methyl sites for hydroxylation is 1. The Morgan fingerprint density at radius 3 is 2.24 bits per heavy atom. The summed E-state index contributed by atoms with van der Waals surface area (Å²) in [7, 11) is 3.75. The number of hydrogen-bond acceptors (Lipinski definition) is 3. The van der Waals surface area contributed by atoms with Crippen LogP contribution < -0.4 is 10.1 Å². The van der Waals surface area contributed by atoms with Crippen LogP contribution in [0.4, 0.5) is 0 Å². The maximum Gasteiger partial charge on any atom is 0.123 e. The average molecular weight is 239 g/mol. The molecular weight excluding hydrogens is 214 g/mol. The maximum absolute atomic E-state index is 9.59. The van der Waals surface area contributed by atoms with Gasteiger partial charge in [-0.3, -0.25) is 0 Å². The number of benzene rings is 1. The predicted molar refractivity (Wildman–Crippen MR) is 73.1 cm³/mol. The van der Waals surface area contributed by atoms with Crippen LogP contribution in [0.5, 0.6) is 11.5 Å². The molecular formula is C14H25NO2. The highest BCUT2D eigenvalue weighted by Gasteiger charge is 2.10. The Labute approximate surface area is 105 Å².